The van der Waals surface area contributed by atoms with Crippen molar-refractivity contribution in [3.05, 3.63) is 128 Å². The van der Waals surface area contributed by atoms with Crippen LogP contribution in [0.4, 0.5) is 5.69 Å². The number of carbonyl (C=O) groups is 2. The molecule has 47 heavy (non-hydrogen) atoms. The Morgan fingerprint density at radius 2 is 1.38 bits per heavy atom. The number of hydrogen-bond acceptors (Lipinski definition) is 4. The van der Waals surface area contributed by atoms with Gasteiger partial charge in [0.15, 0.2) is 0 Å². The number of rotatable bonds is 13. The summed E-state index contributed by atoms with van der Waals surface area (Å²) in [4.78, 5) is 29.8. The van der Waals surface area contributed by atoms with E-state index in [0.717, 1.165) is 15.4 Å². The molecule has 7 nitrogen and oxygen atoms in total. The van der Waals surface area contributed by atoms with Crippen molar-refractivity contribution in [3.63, 3.8) is 0 Å². The van der Waals surface area contributed by atoms with E-state index in [1.54, 1.807) is 36.4 Å². The van der Waals surface area contributed by atoms with E-state index in [1.807, 2.05) is 51.1 Å². The highest BCUT2D eigenvalue weighted by molar-refractivity contribution is 7.92. The molecule has 0 unspecified atom stereocenters. The van der Waals surface area contributed by atoms with Gasteiger partial charge in [-0.15, -0.1) is 0 Å². The molecule has 0 saturated carbocycles. The molecule has 4 aromatic carbocycles. The van der Waals surface area contributed by atoms with Crippen LogP contribution in [0.3, 0.4) is 0 Å². The topological polar surface area (TPSA) is 86.8 Å². The molecule has 0 aliphatic carbocycles. The van der Waals surface area contributed by atoms with Gasteiger partial charge in [0, 0.05) is 35.1 Å². The number of hydrogen-bond donors (Lipinski definition) is 1. The molecular weight excluding hydrogens is 700 g/mol. The Hall–Kier alpha value is -3.27. The summed E-state index contributed by atoms with van der Waals surface area (Å²) in [5.41, 5.74) is 2.06. The Morgan fingerprint density at radius 3 is 2.00 bits per heavy atom. The van der Waals surface area contributed by atoms with Crippen molar-refractivity contribution in [3.8, 4) is 0 Å². The lowest BCUT2D eigenvalue weighted by atomic mass is 10.0. The number of anilines is 1. The third kappa shape index (κ3) is 9.21. The average Bonchev–Trinajstić information content (AvgIpc) is 3.03. The fourth-order valence-electron chi connectivity index (χ4n) is 4.87. The molecule has 0 bridgehead atoms. The molecule has 2 amide bonds. The van der Waals surface area contributed by atoms with Crippen molar-refractivity contribution in [1.82, 2.24) is 10.2 Å². The Morgan fingerprint density at radius 1 is 0.787 bits per heavy atom. The standard InChI is InChI=1S/C35H35Cl4N3O4S/c1-23(2)20-40-35(44)32(19-25-9-5-4-6-10-25)41(21-27-28(36)11-7-12-29(27)37)33(43)22-42(31-14-8-13-30(38)34(31)39)47(45,46)26-17-15-24(3)16-18-26/h4-18,23,32H,19-22H2,1-3H3,(H,40,44)/t32-/m0/s1. The van der Waals surface area contributed by atoms with Crippen LogP contribution in [0.1, 0.15) is 30.5 Å². The van der Waals surface area contributed by atoms with Crippen molar-refractivity contribution >= 4 is 73.9 Å². The smallest absolute Gasteiger partial charge is 0.264 e. The lowest BCUT2D eigenvalue weighted by Gasteiger charge is -2.34. The van der Waals surface area contributed by atoms with Crippen molar-refractivity contribution in [2.75, 3.05) is 17.4 Å². The fraction of sp³-hybridized carbons (Fsp3) is 0.257. The van der Waals surface area contributed by atoms with E-state index in [9.17, 15) is 18.0 Å². The van der Waals surface area contributed by atoms with Crippen LogP contribution in [0.2, 0.25) is 20.1 Å². The molecule has 0 aliphatic heterocycles. The van der Waals surface area contributed by atoms with Crippen LogP contribution in [0.25, 0.3) is 0 Å². The number of amides is 2. The molecule has 0 heterocycles. The van der Waals surface area contributed by atoms with Crippen LogP contribution in [0, 0.1) is 12.8 Å². The number of nitrogens with one attached hydrogen (secondary N) is 1. The Labute approximate surface area is 296 Å². The fourth-order valence-corrected chi connectivity index (χ4v) is 7.26. The van der Waals surface area contributed by atoms with Crippen LogP contribution in [0.5, 0.6) is 0 Å². The van der Waals surface area contributed by atoms with Gasteiger partial charge in [-0.1, -0.05) is 120 Å². The maximum absolute atomic E-state index is 14.6. The largest absolute Gasteiger partial charge is 0.354 e. The van der Waals surface area contributed by atoms with Crippen molar-refractivity contribution in [2.24, 2.45) is 5.92 Å². The van der Waals surface area contributed by atoms with Crippen LogP contribution >= 0.6 is 46.4 Å². The predicted octanol–water partition coefficient (Wildman–Crippen LogP) is 8.22. The Kier molecular flexibility index (Phi) is 12.6. The van der Waals surface area contributed by atoms with Crippen LogP contribution in [-0.4, -0.2) is 44.3 Å². The van der Waals surface area contributed by atoms with Crippen molar-refractivity contribution in [2.45, 2.75) is 44.7 Å². The second-order valence-electron chi connectivity index (χ2n) is 11.5. The zero-order valence-electron chi connectivity index (χ0n) is 26.1. The van der Waals surface area contributed by atoms with Gasteiger partial charge in [0.05, 0.1) is 20.6 Å². The van der Waals surface area contributed by atoms with Crippen LogP contribution in [0.15, 0.2) is 95.9 Å². The molecule has 4 aromatic rings. The SMILES string of the molecule is Cc1ccc(S(=O)(=O)N(CC(=O)N(Cc2c(Cl)cccc2Cl)[C@@H](Cc2ccccc2)C(=O)NCC(C)C)c2cccc(Cl)c2Cl)cc1. The summed E-state index contributed by atoms with van der Waals surface area (Å²) in [6.07, 6.45) is 0.140. The second kappa shape index (κ2) is 16.2. The van der Waals surface area contributed by atoms with Gasteiger partial charge in [-0.3, -0.25) is 13.9 Å². The highest BCUT2D eigenvalue weighted by atomic mass is 35.5. The van der Waals surface area contributed by atoms with Gasteiger partial charge >= 0.3 is 0 Å². The van der Waals surface area contributed by atoms with E-state index in [4.69, 9.17) is 46.4 Å². The summed E-state index contributed by atoms with van der Waals surface area (Å²) in [5, 5.41) is 3.59. The van der Waals surface area contributed by atoms with Gasteiger partial charge in [-0.05, 0) is 54.8 Å². The van der Waals surface area contributed by atoms with Gasteiger partial charge in [0.1, 0.15) is 12.6 Å². The molecule has 1 N–H and O–H groups in total. The molecule has 0 aromatic heterocycles. The molecule has 0 radical (unpaired) electrons. The predicted molar refractivity (Wildman–Crippen MR) is 191 cm³/mol. The molecular formula is C35H35Cl4N3O4S. The number of aryl methyl sites for hydroxylation is 1. The minimum absolute atomic E-state index is 0.00712. The van der Waals surface area contributed by atoms with E-state index < -0.39 is 34.4 Å². The van der Waals surface area contributed by atoms with Gasteiger partial charge < -0.3 is 10.2 Å². The second-order valence-corrected chi connectivity index (χ2v) is 14.9. The van der Waals surface area contributed by atoms with Gasteiger partial charge in [0.25, 0.3) is 10.0 Å². The van der Waals surface area contributed by atoms with E-state index in [1.165, 1.54) is 29.2 Å². The molecule has 248 valence electrons. The molecule has 0 aliphatic rings. The number of halogens is 4. The molecule has 1 atom stereocenters. The molecule has 12 heteroatoms. The third-order valence-electron chi connectivity index (χ3n) is 7.43. The zero-order valence-corrected chi connectivity index (χ0v) is 29.9. The summed E-state index contributed by atoms with van der Waals surface area (Å²) in [5.74, 6) is -0.959. The summed E-state index contributed by atoms with van der Waals surface area (Å²) >= 11 is 26.0. The summed E-state index contributed by atoms with van der Waals surface area (Å²) in [6, 6.07) is 23.9. The first-order valence-electron chi connectivity index (χ1n) is 14.9. The van der Waals surface area contributed by atoms with Crippen LogP contribution < -0.4 is 9.62 Å². The highest BCUT2D eigenvalue weighted by Crippen LogP contribution is 2.36. The molecule has 4 rings (SSSR count). The number of benzene rings is 4. The first-order chi connectivity index (χ1) is 22.3. The first kappa shape index (κ1) is 36.6. The average molecular weight is 736 g/mol. The van der Waals surface area contributed by atoms with Crippen molar-refractivity contribution < 1.29 is 18.0 Å². The lowest BCUT2D eigenvalue weighted by Crippen LogP contribution is -2.53. The van der Waals surface area contributed by atoms with Crippen LogP contribution in [-0.2, 0) is 32.6 Å². The number of nitrogens with zero attached hydrogens (tertiary/aromatic N) is 2. The first-order valence-corrected chi connectivity index (χ1v) is 17.8. The summed E-state index contributed by atoms with van der Waals surface area (Å²) in [7, 11) is -4.36. The number of sulfonamides is 1. The molecule has 0 fully saturated rings. The Balaban J connectivity index is 1.86. The van der Waals surface area contributed by atoms with Crippen molar-refractivity contribution in [1.29, 1.82) is 0 Å². The van der Waals surface area contributed by atoms with E-state index >= 15 is 0 Å². The van der Waals surface area contributed by atoms with E-state index in [2.05, 4.69) is 5.32 Å². The lowest BCUT2D eigenvalue weighted by molar-refractivity contribution is -0.140. The van der Waals surface area contributed by atoms with E-state index in [0.29, 0.717) is 22.2 Å². The number of carbonyl (C=O) groups excluding carboxylic acids is 2. The minimum atomic E-state index is -4.36. The molecule has 0 saturated heterocycles. The van der Waals surface area contributed by atoms with Gasteiger partial charge in [-0.25, -0.2) is 8.42 Å². The van der Waals surface area contributed by atoms with Gasteiger partial charge in [-0.2, -0.15) is 0 Å². The normalized spacial score (nSPS) is 12.1. The maximum Gasteiger partial charge on any atom is 0.264 e. The quantitative estimate of drug-likeness (QED) is 0.150. The monoisotopic (exact) mass is 733 g/mol. The summed E-state index contributed by atoms with van der Waals surface area (Å²) in [6.45, 7) is 5.24. The maximum atomic E-state index is 14.6. The third-order valence-corrected chi connectivity index (χ3v) is 10.7. The molecule has 0 spiro atoms. The van der Waals surface area contributed by atoms with E-state index in [-0.39, 0.29) is 39.5 Å². The minimum Gasteiger partial charge on any atom is -0.354 e. The highest BCUT2D eigenvalue weighted by Gasteiger charge is 2.36. The summed E-state index contributed by atoms with van der Waals surface area (Å²) < 4.78 is 29.4. The zero-order chi connectivity index (χ0) is 34.3. The van der Waals surface area contributed by atoms with Gasteiger partial charge in [0.2, 0.25) is 11.8 Å². The Bertz CT molecular complexity index is 1800.